The van der Waals surface area contributed by atoms with Crippen LogP contribution in [-0.2, 0) is 11.3 Å². The molecular weight excluding hydrogens is 474 g/mol. The van der Waals surface area contributed by atoms with Crippen molar-refractivity contribution in [1.82, 2.24) is 19.7 Å². The number of aromatic nitrogens is 4. The second-order valence-electron chi connectivity index (χ2n) is 8.66. The zero-order chi connectivity index (χ0) is 24.9. The lowest BCUT2D eigenvalue weighted by atomic mass is 10.0. The van der Waals surface area contributed by atoms with Crippen LogP contribution in [0.15, 0.2) is 65.7 Å². The van der Waals surface area contributed by atoms with Gasteiger partial charge in [-0.1, -0.05) is 68.1 Å². The molecule has 1 N–H and O–H groups in total. The Kier molecular flexibility index (Phi) is 7.83. The molecule has 0 spiro atoms. The summed E-state index contributed by atoms with van der Waals surface area (Å²) in [6.45, 7) is 12.9. The maximum atomic E-state index is 12.6. The maximum absolute atomic E-state index is 12.6. The minimum absolute atomic E-state index is 0.132. The number of nitrogens with one attached hydrogen (secondary N) is 1. The minimum Gasteiger partial charge on any atom is -0.301 e. The summed E-state index contributed by atoms with van der Waals surface area (Å²) >= 11 is 2.77. The molecule has 8 heteroatoms. The van der Waals surface area contributed by atoms with Crippen molar-refractivity contribution in [2.75, 3.05) is 11.1 Å². The number of benzene rings is 2. The highest BCUT2D eigenvalue weighted by Gasteiger charge is 2.16. The molecule has 0 fully saturated rings. The van der Waals surface area contributed by atoms with Gasteiger partial charge in [-0.25, -0.2) is 4.98 Å². The molecule has 180 valence electrons. The van der Waals surface area contributed by atoms with Gasteiger partial charge in [0.2, 0.25) is 5.91 Å². The monoisotopic (exact) mass is 503 g/mol. The second kappa shape index (κ2) is 11.0. The molecule has 4 rings (SSSR count). The van der Waals surface area contributed by atoms with Gasteiger partial charge in [0.1, 0.15) is 0 Å². The molecule has 1 amide bonds. The zero-order valence-electron chi connectivity index (χ0n) is 20.4. The van der Waals surface area contributed by atoms with Gasteiger partial charge in [-0.05, 0) is 42.5 Å². The van der Waals surface area contributed by atoms with E-state index in [0.717, 1.165) is 22.6 Å². The van der Waals surface area contributed by atoms with Gasteiger partial charge in [0.05, 0.1) is 11.4 Å². The van der Waals surface area contributed by atoms with Gasteiger partial charge in [-0.3, -0.25) is 9.36 Å². The van der Waals surface area contributed by atoms with E-state index < -0.39 is 0 Å². The Morgan fingerprint density at radius 1 is 1.11 bits per heavy atom. The first-order chi connectivity index (χ1) is 16.9. The van der Waals surface area contributed by atoms with E-state index >= 15 is 0 Å². The minimum atomic E-state index is -0.132. The summed E-state index contributed by atoms with van der Waals surface area (Å²) in [7, 11) is 0. The molecule has 0 aliphatic heterocycles. The molecule has 0 saturated carbocycles. The van der Waals surface area contributed by atoms with E-state index in [0.29, 0.717) is 22.8 Å². The highest BCUT2D eigenvalue weighted by molar-refractivity contribution is 7.99. The number of rotatable bonds is 9. The van der Waals surface area contributed by atoms with Gasteiger partial charge in [-0.2, -0.15) is 0 Å². The van der Waals surface area contributed by atoms with E-state index in [2.05, 4.69) is 97.2 Å². The van der Waals surface area contributed by atoms with Crippen LogP contribution in [0.4, 0.5) is 5.13 Å². The summed E-state index contributed by atoms with van der Waals surface area (Å²) in [5.74, 6) is 1.31. The van der Waals surface area contributed by atoms with Crippen LogP contribution < -0.4 is 5.32 Å². The van der Waals surface area contributed by atoms with E-state index in [9.17, 15) is 4.79 Å². The largest absolute Gasteiger partial charge is 0.301 e. The molecule has 0 aliphatic rings. The third kappa shape index (κ3) is 5.89. The SMILES string of the molecule is C=CCn1c(SCC(=O)Nc2nc(-c3ccc(C)c(C)c3)cs2)nnc1-c1ccc(C(C)C)cc1. The Bertz CT molecular complexity index is 1340. The Balaban J connectivity index is 1.42. The summed E-state index contributed by atoms with van der Waals surface area (Å²) in [5, 5.41) is 14.9. The van der Waals surface area contributed by atoms with E-state index in [1.807, 2.05) is 16.0 Å². The molecule has 0 saturated heterocycles. The van der Waals surface area contributed by atoms with Gasteiger partial charge < -0.3 is 5.32 Å². The van der Waals surface area contributed by atoms with Crippen LogP contribution in [0.2, 0.25) is 0 Å². The molecule has 0 aliphatic carbocycles. The van der Waals surface area contributed by atoms with Crippen LogP contribution in [0, 0.1) is 13.8 Å². The van der Waals surface area contributed by atoms with Crippen LogP contribution in [0.5, 0.6) is 0 Å². The second-order valence-corrected chi connectivity index (χ2v) is 10.5. The summed E-state index contributed by atoms with van der Waals surface area (Å²) in [5.41, 5.74) is 6.64. The molecular formula is C27H29N5OS2. The number of hydrogen-bond donors (Lipinski definition) is 1. The molecule has 4 aromatic rings. The van der Waals surface area contributed by atoms with E-state index in [-0.39, 0.29) is 11.7 Å². The fourth-order valence-corrected chi connectivity index (χ4v) is 5.05. The Morgan fingerprint density at radius 2 is 1.86 bits per heavy atom. The van der Waals surface area contributed by atoms with Gasteiger partial charge in [-0.15, -0.1) is 28.1 Å². The smallest absolute Gasteiger partial charge is 0.236 e. The van der Waals surface area contributed by atoms with E-state index in [1.54, 1.807) is 0 Å². The van der Waals surface area contributed by atoms with Crippen LogP contribution in [0.25, 0.3) is 22.6 Å². The van der Waals surface area contributed by atoms with Crippen molar-refractivity contribution in [3.05, 3.63) is 77.2 Å². The van der Waals surface area contributed by atoms with Crippen LogP contribution >= 0.6 is 23.1 Å². The highest BCUT2D eigenvalue weighted by atomic mass is 32.2. The number of amides is 1. The number of aryl methyl sites for hydroxylation is 2. The Labute approximate surface area is 214 Å². The lowest BCUT2D eigenvalue weighted by Gasteiger charge is -2.09. The van der Waals surface area contributed by atoms with Gasteiger partial charge >= 0.3 is 0 Å². The van der Waals surface area contributed by atoms with Crippen molar-refractivity contribution in [1.29, 1.82) is 0 Å². The third-order valence-electron chi connectivity index (χ3n) is 5.75. The zero-order valence-corrected chi connectivity index (χ0v) is 22.0. The van der Waals surface area contributed by atoms with Crippen molar-refractivity contribution in [2.24, 2.45) is 0 Å². The fourth-order valence-electron chi connectivity index (χ4n) is 3.57. The van der Waals surface area contributed by atoms with Crippen molar-refractivity contribution in [2.45, 2.75) is 45.3 Å². The predicted molar refractivity (Wildman–Crippen MR) is 146 cm³/mol. The molecule has 2 aromatic carbocycles. The number of carbonyl (C=O) groups is 1. The van der Waals surface area contributed by atoms with Gasteiger partial charge in [0, 0.05) is 23.1 Å². The fraction of sp³-hybridized carbons (Fsp3) is 0.259. The first-order valence-corrected chi connectivity index (χ1v) is 13.3. The lowest BCUT2D eigenvalue weighted by Crippen LogP contribution is -2.14. The van der Waals surface area contributed by atoms with Crippen molar-refractivity contribution in [3.63, 3.8) is 0 Å². The van der Waals surface area contributed by atoms with Crippen LogP contribution in [0.3, 0.4) is 0 Å². The number of nitrogens with zero attached hydrogens (tertiary/aromatic N) is 4. The first kappa shape index (κ1) is 24.9. The molecule has 35 heavy (non-hydrogen) atoms. The van der Waals surface area contributed by atoms with E-state index in [1.165, 1.54) is 39.8 Å². The average molecular weight is 504 g/mol. The number of hydrogen-bond acceptors (Lipinski definition) is 6. The molecule has 0 atom stereocenters. The first-order valence-electron chi connectivity index (χ1n) is 11.5. The summed E-state index contributed by atoms with van der Waals surface area (Å²) in [6.07, 6.45) is 1.81. The number of carbonyl (C=O) groups excluding carboxylic acids is 1. The summed E-state index contributed by atoms with van der Waals surface area (Å²) in [6, 6.07) is 14.6. The van der Waals surface area contributed by atoms with Crippen molar-refractivity contribution < 1.29 is 4.79 Å². The third-order valence-corrected chi connectivity index (χ3v) is 7.47. The summed E-state index contributed by atoms with van der Waals surface area (Å²) in [4.78, 5) is 17.2. The molecule has 6 nitrogen and oxygen atoms in total. The molecule has 2 heterocycles. The predicted octanol–water partition coefficient (Wildman–Crippen LogP) is 6.73. The van der Waals surface area contributed by atoms with Crippen LogP contribution in [-0.4, -0.2) is 31.4 Å². The van der Waals surface area contributed by atoms with E-state index in [4.69, 9.17) is 0 Å². The maximum Gasteiger partial charge on any atom is 0.236 e. The number of allylic oxidation sites excluding steroid dienone is 1. The van der Waals surface area contributed by atoms with Crippen molar-refractivity contribution >= 4 is 34.1 Å². The molecule has 2 aromatic heterocycles. The van der Waals surface area contributed by atoms with Gasteiger partial charge in [0.15, 0.2) is 16.1 Å². The lowest BCUT2D eigenvalue weighted by molar-refractivity contribution is -0.113. The van der Waals surface area contributed by atoms with Crippen molar-refractivity contribution in [3.8, 4) is 22.6 Å². The normalized spacial score (nSPS) is 11.1. The Hall–Kier alpha value is -3.23. The number of anilines is 1. The summed E-state index contributed by atoms with van der Waals surface area (Å²) < 4.78 is 1.98. The topological polar surface area (TPSA) is 72.7 Å². The molecule has 0 unspecified atom stereocenters. The quantitative estimate of drug-likeness (QED) is 0.203. The average Bonchev–Trinajstić information content (AvgIpc) is 3.47. The molecule has 0 radical (unpaired) electrons. The molecule has 0 bridgehead atoms. The Morgan fingerprint density at radius 3 is 2.54 bits per heavy atom. The van der Waals surface area contributed by atoms with Gasteiger partial charge in [0.25, 0.3) is 0 Å². The standard InChI is InChI=1S/C27H29N5OS2/c1-6-13-32-25(21-11-9-20(10-12-21)17(2)3)30-31-27(32)35-16-24(33)29-26-28-23(15-34-26)22-8-7-18(4)19(5)14-22/h6-12,14-15,17H,1,13,16H2,2-5H3,(H,28,29,33). The number of thiazole rings is 1. The number of thioether (sulfide) groups is 1. The van der Waals surface area contributed by atoms with Crippen LogP contribution in [0.1, 0.15) is 36.5 Å². The highest BCUT2D eigenvalue weighted by Crippen LogP contribution is 2.28.